The van der Waals surface area contributed by atoms with Crippen molar-refractivity contribution in [3.63, 3.8) is 0 Å². The van der Waals surface area contributed by atoms with Gasteiger partial charge in [-0.3, -0.25) is 4.79 Å². The summed E-state index contributed by atoms with van der Waals surface area (Å²) >= 11 is 0. The Morgan fingerprint density at radius 3 is 2.60 bits per heavy atom. The zero-order valence-electron chi connectivity index (χ0n) is 13.1. The van der Waals surface area contributed by atoms with E-state index in [1.54, 1.807) is 0 Å². The molecule has 2 rings (SSSR count). The average Bonchev–Trinajstić information content (AvgIpc) is 2.67. The molecule has 1 aliphatic carbocycles. The molecule has 0 heterocycles. The van der Waals surface area contributed by atoms with Gasteiger partial charge < -0.3 is 10.2 Å². The Hall–Kier alpha value is -1.35. The maximum absolute atomic E-state index is 12.1. The Bertz CT molecular complexity index is 478. The van der Waals surface area contributed by atoms with Gasteiger partial charge in [0.25, 0.3) is 0 Å². The Morgan fingerprint density at radius 1 is 1.30 bits per heavy atom. The molecule has 0 saturated carbocycles. The third-order valence-electron chi connectivity index (χ3n) is 4.37. The second-order valence-electron chi connectivity index (χ2n) is 6.24. The molecule has 0 saturated heterocycles. The summed E-state index contributed by atoms with van der Waals surface area (Å²) in [6.07, 6.45) is 1.07. The van der Waals surface area contributed by atoms with Crippen molar-refractivity contribution in [2.45, 2.75) is 40.2 Å². The molecule has 0 radical (unpaired) electrons. The van der Waals surface area contributed by atoms with Crippen LogP contribution in [0.5, 0.6) is 0 Å². The predicted octanol–water partition coefficient (Wildman–Crippen LogP) is 2.77. The van der Waals surface area contributed by atoms with Crippen LogP contribution < -0.4 is 5.32 Å². The fourth-order valence-electron chi connectivity index (χ4n) is 3.25. The first-order valence-electron chi connectivity index (χ1n) is 7.58. The summed E-state index contributed by atoms with van der Waals surface area (Å²) < 4.78 is 0. The molecule has 0 bridgehead atoms. The Kier molecular flexibility index (Phi) is 4.48. The monoisotopic (exact) mass is 274 g/mol. The van der Waals surface area contributed by atoms with Gasteiger partial charge in [-0.15, -0.1) is 0 Å². The van der Waals surface area contributed by atoms with Crippen molar-refractivity contribution < 1.29 is 4.79 Å². The van der Waals surface area contributed by atoms with Gasteiger partial charge in [-0.25, -0.2) is 0 Å². The van der Waals surface area contributed by atoms with Gasteiger partial charge in [0.1, 0.15) is 0 Å². The lowest BCUT2D eigenvalue weighted by molar-refractivity contribution is -0.130. The second-order valence-corrected chi connectivity index (χ2v) is 6.24. The van der Waals surface area contributed by atoms with E-state index < -0.39 is 0 Å². The molecule has 1 amide bonds. The molecule has 3 heteroatoms. The van der Waals surface area contributed by atoms with Crippen molar-refractivity contribution in [1.29, 1.82) is 0 Å². The summed E-state index contributed by atoms with van der Waals surface area (Å²) in [6, 6.07) is 8.83. The molecule has 0 aliphatic heterocycles. The molecular formula is C17H26N2O. The highest BCUT2D eigenvalue weighted by atomic mass is 16.2. The maximum atomic E-state index is 12.1. The van der Waals surface area contributed by atoms with Gasteiger partial charge in [0.2, 0.25) is 5.91 Å². The van der Waals surface area contributed by atoms with E-state index in [1.165, 1.54) is 11.1 Å². The van der Waals surface area contributed by atoms with Crippen molar-refractivity contribution in [3.05, 3.63) is 35.4 Å². The Morgan fingerprint density at radius 2 is 1.95 bits per heavy atom. The number of amides is 1. The molecule has 1 aromatic carbocycles. The Labute approximate surface area is 122 Å². The number of benzene rings is 1. The standard InChI is InChI=1S/C17H26N2O/c1-5-19(6-2)15(20)12-18-16-14-10-8-7-9-13(14)11-17(16,3)4/h7-10,16,18H,5-6,11-12H2,1-4H3. The first-order chi connectivity index (χ1) is 9.49. The first kappa shape index (κ1) is 15.0. The zero-order valence-corrected chi connectivity index (χ0v) is 13.1. The molecule has 1 aromatic rings. The van der Waals surface area contributed by atoms with E-state index in [9.17, 15) is 4.79 Å². The van der Waals surface area contributed by atoms with Gasteiger partial charge in [0.05, 0.1) is 6.54 Å². The van der Waals surface area contributed by atoms with Crippen molar-refractivity contribution in [2.75, 3.05) is 19.6 Å². The van der Waals surface area contributed by atoms with Gasteiger partial charge in [-0.2, -0.15) is 0 Å². The van der Waals surface area contributed by atoms with Crippen molar-refractivity contribution in [3.8, 4) is 0 Å². The molecule has 0 aromatic heterocycles. The fraction of sp³-hybridized carbons (Fsp3) is 0.588. The number of fused-ring (bicyclic) bond motifs is 1. The van der Waals surface area contributed by atoms with Crippen LogP contribution in [0.25, 0.3) is 0 Å². The molecule has 20 heavy (non-hydrogen) atoms. The number of rotatable bonds is 5. The van der Waals surface area contributed by atoms with Gasteiger partial charge in [-0.05, 0) is 36.8 Å². The minimum absolute atomic E-state index is 0.160. The number of hydrogen-bond donors (Lipinski definition) is 1. The third-order valence-corrected chi connectivity index (χ3v) is 4.37. The van der Waals surface area contributed by atoms with E-state index in [1.807, 2.05) is 18.7 Å². The quantitative estimate of drug-likeness (QED) is 0.895. The van der Waals surface area contributed by atoms with Crippen LogP contribution in [0.1, 0.15) is 44.9 Å². The molecular weight excluding hydrogens is 248 g/mol. The fourth-order valence-corrected chi connectivity index (χ4v) is 3.25. The molecule has 0 spiro atoms. The molecule has 0 fully saturated rings. The van der Waals surface area contributed by atoms with E-state index in [0.717, 1.165) is 19.5 Å². The van der Waals surface area contributed by atoms with Gasteiger partial charge in [0, 0.05) is 19.1 Å². The van der Waals surface area contributed by atoms with Crippen LogP contribution in [-0.4, -0.2) is 30.4 Å². The van der Waals surface area contributed by atoms with E-state index in [0.29, 0.717) is 6.54 Å². The summed E-state index contributed by atoms with van der Waals surface area (Å²) in [6.45, 7) is 10.6. The van der Waals surface area contributed by atoms with Crippen LogP contribution in [0.3, 0.4) is 0 Å². The van der Waals surface area contributed by atoms with Crippen LogP contribution in [-0.2, 0) is 11.2 Å². The lowest BCUT2D eigenvalue weighted by Gasteiger charge is -2.29. The highest BCUT2D eigenvalue weighted by molar-refractivity contribution is 5.78. The number of nitrogens with one attached hydrogen (secondary N) is 1. The smallest absolute Gasteiger partial charge is 0.236 e. The molecule has 1 unspecified atom stereocenters. The van der Waals surface area contributed by atoms with Crippen molar-refractivity contribution >= 4 is 5.91 Å². The van der Waals surface area contributed by atoms with Crippen LogP contribution in [0.2, 0.25) is 0 Å². The first-order valence-corrected chi connectivity index (χ1v) is 7.58. The lowest BCUT2D eigenvalue weighted by atomic mass is 9.85. The number of carbonyl (C=O) groups excluding carboxylic acids is 1. The molecule has 1 aliphatic rings. The normalized spacial score (nSPS) is 19.7. The maximum Gasteiger partial charge on any atom is 0.236 e. The third kappa shape index (κ3) is 2.88. The van der Waals surface area contributed by atoms with E-state index in [2.05, 4.69) is 43.4 Å². The number of nitrogens with zero attached hydrogens (tertiary/aromatic N) is 1. The van der Waals surface area contributed by atoms with Crippen LogP contribution in [0, 0.1) is 5.41 Å². The summed E-state index contributed by atoms with van der Waals surface area (Å²) in [5, 5.41) is 3.49. The number of likely N-dealkylation sites (N-methyl/N-ethyl adjacent to an activating group) is 1. The van der Waals surface area contributed by atoms with Crippen molar-refractivity contribution in [1.82, 2.24) is 10.2 Å². The largest absolute Gasteiger partial charge is 0.342 e. The second kappa shape index (κ2) is 5.96. The predicted molar refractivity (Wildman–Crippen MR) is 82.6 cm³/mol. The van der Waals surface area contributed by atoms with E-state index >= 15 is 0 Å². The highest BCUT2D eigenvalue weighted by Crippen LogP contribution is 2.44. The molecule has 1 N–H and O–H groups in total. The minimum atomic E-state index is 0.160. The van der Waals surface area contributed by atoms with Crippen LogP contribution >= 0.6 is 0 Å². The minimum Gasteiger partial charge on any atom is -0.342 e. The SMILES string of the molecule is CCN(CC)C(=O)CNC1c2ccccc2CC1(C)C. The molecule has 110 valence electrons. The molecule has 1 atom stereocenters. The van der Waals surface area contributed by atoms with Crippen LogP contribution in [0.4, 0.5) is 0 Å². The van der Waals surface area contributed by atoms with Gasteiger partial charge >= 0.3 is 0 Å². The summed E-state index contributed by atoms with van der Waals surface area (Å²) in [4.78, 5) is 14.0. The van der Waals surface area contributed by atoms with E-state index in [-0.39, 0.29) is 17.4 Å². The number of hydrogen-bond acceptors (Lipinski definition) is 2. The number of carbonyl (C=O) groups is 1. The Balaban J connectivity index is 2.07. The highest BCUT2D eigenvalue weighted by Gasteiger charge is 2.38. The van der Waals surface area contributed by atoms with E-state index in [4.69, 9.17) is 0 Å². The van der Waals surface area contributed by atoms with Gasteiger partial charge in [-0.1, -0.05) is 38.1 Å². The summed E-state index contributed by atoms with van der Waals surface area (Å²) in [5.74, 6) is 0.190. The van der Waals surface area contributed by atoms with Crippen LogP contribution in [0.15, 0.2) is 24.3 Å². The zero-order chi connectivity index (χ0) is 14.8. The van der Waals surface area contributed by atoms with Crippen molar-refractivity contribution in [2.24, 2.45) is 5.41 Å². The summed E-state index contributed by atoms with van der Waals surface area (Å²) in [5.41, 5.74) is 2.92. The topological polar surface area (TPSA) is 32.3 Å². The molecule has 3 nitrogen and oxygen atoms in total. The lowest BCUT2D eigenvalue weighted by Crippen LogP contribution is -2.41. The average molecular weight is 274 g/mol. The van der Waals surface area contributed by atoms with Gasteiger partial charge in [0.15, 0.2) is 0 Å². The summed E-state index contributed by atoms with van der Waals surface area (Å²) in [7, 11) is 0.